The summed E-state index contributed by atoms with van der Waals surface area (Å²) in [6, 6.07) is 0. The van der Waals surface area contributed by atoms with Gasteiger partial charge in [0.05, 0.1) is 11.9 Å². The van der Waals surface area contributed by atoms with Crippen LogP contribution >= 0.6 is 15.9 Å². The SMILES string of the molecule is CCOC(=O)[C@@H](C)C(=O)CBr. The van der Waals surface area contributed by atoms with Gasteiger partial charge < -0.3 is 4.74 Å². The molecule has 0 aliphatic heterocycles. The highest BCUT2D eigenvalue weighted by molar-refractivity contribution is 9.09. The third-order valence-corrected chi connectivity index (χ3v) is 1.81. The molecule has 4 heteroatoms. The zero-order valence-corrected chi connectivity index (χ0v) is 8.18. The maximum absolute atomic E-state index is 10.9. The van der Waals surface area contributed by atoms with Gasteiger partial charge in [0.15, 0.2) is 5.78 Å². The van der Waals surface area contributed by atoms with Crippen LogP contribution in [0, 0.1) is 5.92 Å². The maximum Gasteiger partial charge on any atom is 0.316 e. The van der Waals surface area contributed by atoms with Crippen molar-refractivity contribution in [3.05, 3.63) is 0 Å². The molecule has 0 saturated heterocycles. The van der Waals surface area contributed by atoms with Gasteiger partial charge in [-0.25, -0.2) is 0 Å². The molecule has 0 heterocycles. The topological polar surface area (TPSA) is 43.4 Å². The van der Waals surface area contributed by atoms with Crippen molar-refractivity contribution in [1.29, 1.82) is 0 Å². The summed E-state index contributed by atoms with van der Waals surface area (Å²) in [5, 5.41) is 0.201. The van der Waals surface area contributed by atoms with Crippen molar-refractivity contribution in [2.75, 3.05) is 11.9 Å². The van der Waals surface area contributed by atoms with Crippen LogP contribution in [0.4, 0.5) is 0 Å². The largest absolute Gasteiger partial charge is 0.465 e. The second kappa shape index (κ2) is 5.29. The van der Waals surface area contributed by atoms with Gasteiger partial charge in [-0.15, -0.1) is 0 Å². The molecule has 0 fully saturated rings. The Morgan fingerprint density at radius 3 is 2.45 bits per heavy atom. The van der Waals surface area contributed by atoms with Gasteiger partial charge in [0.1, 0.15) is 5.92 Å². The smallest absolute Gasteiger partial charge is 0.316 e. The zero-order valence-electron chi connectivity index (χ0n) is 6.59. The Morgan fingerprint density at radius 1 is 1.55 bits per heavy atom. The van der Waals surface area contributed by atoms with Crippen molar-refractivity contribution in [2.24, 2.45) is 5.92 Å². The molecule has 64 valence electrons. The van der Waals surface area contributed by atoms with Crippen molar-refractivity contribution in [3.63, 3.8) is 0 Å². The molecule has 0 saturated carbocycles. The Hall–Kier alpha value is -0.380. The van der Waals surface area contributed by atoms with Gasteiger partial charge in [0.2, 0.25) is 0 Å². The second-order valence-corrected chi connectivity index (χ2v) is 2.63. The number of ether oxygens (including phenoxy) is 1. The fourth-order valence-corrected chi connectivity index (χ4v) is 1.00. The number of Topliss-reactive ketones (excluding diaryl/α,β-unsaturated/α-hetero) is 1. The Morgan fingerprint density at radius 2 is 2.09 bits per heavy atom. The molecule has 0 unspecified atom stereocenters. The predicted octanol–water partition coefficient (Wildman–Crippen LogP) is 1.15. The quantitative estimate of drug-likeness (QED) is 0.408. The van der Waals surface area contributed by atoms with E-state index >= 15 is 0 Å². The van der Waals surface area contributed by atoms with Gasteiger partial charge >= 0.3 is 5.97 Å². The second-order valence-electron chi connectivity index (χ2n) is 2.07. The molecule has 0 aromatic rings. The van der Waals surface area contributed by atoms with E-state index in [0.29, 0.717) is 6.61 Å². The van der Waals surface area contributed by atoms with Crippen molar-refractivity contribution in [1.82, 2.24) is 0 Å². The lowest BCUT2D eigenvalue weighted by Gasteiger charge is -2.06. The first-order chi connectivity index (χ1) is 5.13. The molecule has 3 nitrogen and oxygen atoms in total. The van der Waals surface area contributed by atoms with Gasteiger partial charge in [0, 0.05) is 0 Å². The normalized spacial score (nSPS) is 12.3. The van der Waals surface area contributed by atoms with Crippen LogP contribution in [0.1, 0.15) is 13.8 Å². The molecule has 0 bridgehead atoms. The van der Waals surface area contributed by atoms with E-state index in [9.17, 15) is 9.59 Å². The van der Waals surface area contributed by atoms with Gasteiger partial charge in [0.25, 0.3) is 0 Å². The number of carbonyl (C=O) groups is 2. The highest BCUT2D eigenvalue weighted by Crippen LogP contribution is 2.02. The summed E-state index contributed by atoms with van der Waals surface area (Å²) in [4.78, 5) is 21.8. The lowest BCUT2D eigenvalue weighted by Crippen LogP contribution is -2.23. The number of rotatable bonds is 4. The van der Waals surface area contributed by atoms with Crippen LogP contribution in [0.15, 0.2) is 0 Å². The minimum absolute atomic E-state index is 0.150. The number of carbonyl (C=O) groups excluding carboxylic acids is 2. The summed E-state index contributed by atoms with van der Waals surface area (Å²) in [6.45, 7) is 3.57. The molecule has 0 aliphatic carbocycles. The van der Waals surface area contributed by atoms with E-state index in [1.54, 1.807) is 13.8 Å². The zero-order chi connectivity index (χ0) is 8.85. The molecular formula is C7H11BrO3. The third kappa shape index (κ3) is 3.51. The van der Waals surface area contributed by atoms with E-state index in [2.05, 4.69) is 20.7 Å². The molecule has 1 atom stereocenters. The van der Waals surface area contributed by atoms with E-state index in [1.165, 1.54) is 0 Å². The maximum atomic E-state index is 10.9. The van der Waals surface area contributed by atoms with E-state index in [4.69, 9.17) is 0 Å². The Bertz CT molecular complexity index is 156. The number of hydrogen-bond acceptors (Lipinski definition) is 3. The molecule has 0 rings (SSSR count). The molecular weight excluding hydrogens is 212 g/mol. The molecule has 0 amide bonds. The number of halogens is 1. The molecule has 0 aromatic heterocycles. The number of hydrogen-bond donors (Lipinski definition) is 0. The van der Waals surface area contributed by atoms with Gasteiger partial charge in [-0.1, -0.05) is 15.9 Å². The van der Waals surface area contributed by atoms with E-state index in [0.717, 1.165) is 0 Å². The lowest BCUT2D eigenvalue weighted by atomic mass is 10.1. The molecule has 0 aliphatic rings. The molecule has 0 aromatic carbocycles. The fraction of sp³-hybridized carbons (Fsp3) is 0.714. The standard InChI is InChI=1S/C7H11BrO3/c1-3-11-7(10)5(2)6(9)4-8/h5H,3-4H2,1-2H3/t5-/m0/s1. The highest BCUT2D eigenvalue weighted by Gasteiger charge is 2.20. The highest BCUT2D eigenvalue weighted by atomic mass is 79.9. The van der Waals surface area contributed by atoms with Crippen LogP contribution < -0.4 is 0 Å². The predicted molar refractivity (Wildman–Crippen MR) is 44.6 cm³/mol. The van der Waals surface area contributed by atoms with Crippen LogP contribution in [0.5, 0.6) is 0 Å². The average molecular weight is 223 g/mol. The minimum atomic E-state index is -0.644. The van der Waals surface area contributed by atoms with Crippen molar-refractivity contribution in [2.45, 2.75) is 13.8 Å². The molecule has 0 N–H and O–H groups in total. The van der Waals surface area contributed by atoms with Crippen LogP contribution in [-0.4, -0.2) is 23.7 Å². The van der Waals surface area contributed by atoms with E-state index < -0.39 is 11.9 Å². The molecule has 0 radical (unpaired) electrons. The van der Waals surface area contributed by atoms with Crippen molar-refractivity contribution in [3.8, 4) is 0 Å². The van der Waals surface area contributed by atoms with Crippen LogP contribution in [0.2, 0.25) is 0 Å². The summed E-state index contributed by atoms with van der Waals surface area (Å²) < 4.78 is 4.65. The van der Waals surface area contributed by atoms with E-state index in [-0.39, 0.29) is 11.1 Å². The average Bonchev–Trinajstić information content (AvgIpc) is 2.02. The molecule has 0 spiro atoms. The van der Waals surface area contributed by atoms with Crippen LogP contribution in [0.3, 0.4) is 0 Å². The fourth-order valence-electron chi connectivity index (χ4n) is 0.514. The third-order valence-electron chi connectivity index (χ3n) is 1.25. The van der Waals surface area contributed by atoms with Gasteiger partial charge in [-0.05, 0) is 13.8 Å². The Kier molecular flexibility index (Phi) is 5.11. The van der Waals surface area contributed by atoms with Crippen molar-refractivity contribution >= 4 is 27.7 Å². The molecule has 11 heavy (non-hydrogen) atoms. The summed E-state index contributed by atoms with van der Waals surface area (Å²) in [5.41, 5.74) is 0. The number of alkyl halides is 1. The van der Waals surface area contributed by atoms with Crippen molar-refractivity contribution < 1.29 is 14.3 Å². The van der Waals surface area contributed by atoms with E-state index in [1.807, 2.05) is 0 Å². The number of ketones is 1. The summed E-state index contributed by atoms with van der Waals surface area (Å²) in [7, 11) is 0. The van der Waals surface area contributed by atoms with Crippen LogP contribution in [0.25, 0.3) is 0 Å². The van der Waals surface area contributed by atoms with Gasteiger partial charge in [-0.3, -0.25) is 9.59 Å². The summed E-state index contributed by atoms with van der Waals surface area (Å²) >= 11 is 2.98. The van der Waals surface area contributed by atoms with Gasteiger partial charge in [-0.2, -0.15) is 0 Å². The first-order valence-electron chi connectivity index (χ1n) is 3.38. The monoisotopic (exact) mass is 222 g/mol. The Balaban J connectivity index is 3.91. The number of esters is 1. The first-order valence-corrected chi connectivity index (χ1v) is 4.51. The first kappa shape index (κ1) is 10.6. The summed E-state index contributed by atoms with van der Waals surface area (Å²) in [6.07, 6.45) is 0. The Labute approximate surface area is 74.2 Å². The lowest BCUT2D eigenvalue weighted by molar-refractivity contribution is -0.150. The summed E-state index contributed by atoms with van der Waals surface area (Å²) in [5.74, 6) is -1.24. The van der Waals surface area contributed by atoms with Crippen LogP contribution in [-0.2, 0) is 14.3 Å². The minimum Gasteiger partial charge on any atom is -0.465 e.